The smallest absolute Gasteiger partial charge is 0.487 e. The van der Waals surface area contributed by atoms with Crippen LogP contribution in [0.25, 0.3) is 11.1 Å². The van der Waals surface area contributed by atoms with Gasteiger partial charge in [0, 0.05) is 18.5 Å². The fourth-order valence-electron chi connectivity index (χ4n) is 5.39. The van der Waals surface area contributed by atoms with Crippen LogP contribution in [0.4, 0.5) is 18.0 Å². The number of benzene rings is 2. The molecule has 35 heavy (non-hydrogen) atoms. The fraction of sp³-hybridized carbons (Fsp3) is 0.500. The van der Waals surface area contributed by atoms with E-state index in [1.165, 1.54) is 18.2 Å². The zero-order valence-corrected chi connectivity index (χ0v) is 19.7. The number of fused-ring (bicyclic) bond motifs is 4. The van der Waals surface area contributed by atoms with Crippen LogP contribution >= 0.6 is 0 Å². The lowest BCUT2D eigenvalue weighted by atomic mass is 9.86. The number of nitrogens with zero attached hydrogens (tertiary/aromatic N) is 1. The third-order valence-electron chi connectivity index (χ3n) is 7.02. The second-order valence-electron chi connectivity index (χ2n) is 10.2. The van der Waals surface area contributed by atoms with Gasteiger partial charge >= 0.3 is 12.5 Å². The SMILES string of the molecule is CC1(C)CC(NC(=O)O[C@H]2CN3CCC2CC3)c2ccc(-c3cccc(OC(F)(F)F)c3)cc2O1. The molecule has 4 aliphatic heterocycles. The standard InChI is InChI=1S/C26H29F3N2O4/c1-25(2)14-21(30-24(32)33-23-15-31-10-8-16(23)9-11-31)20-7-6-18(13-22(20)35-25)17-4-3-5-19(12-17)34-26(27,28)29/h3-7,12-13,16,21,23H,8-11,14-15H2,1-2H3,(H,30,32)/t21?,23-/m0/s1. The predicted molar refractivity (Wildman–Crippen MR) is 123 cm³/mol. The fourth-order valence-corrected chi connectivity index (χ4v) is 5.39. The molecule has 9 heteroatoms. The normalized spacial score (nSPS) is 26.9. The molecule has 6 rings (SSSR count). The van der Waals surface area contributed by atoms with Gasteiger partial charge in [-0.2, -0.15) is 0 Å². The van der Waals surface area contributed by atoms with Crippen LogP contribution in [-0.4, -0.2) is 48.7 Å². The Bertz CT molecular complexity index is 1100. The summed E-state index contributed by atoms with van der Waals surface area (Å²) >= 11 is 0. The number of alkyl carbamates (subject to hydrolysis) is 1. The lowest BCUT2D eigenvalue weighted by molar-refractivity contribution is -0.274. The molecular formula is C26H29F3N2O4. The Morgan fingerprint density at radius 3 is 2.54 bits per heavy atom. The third kappa shape index (κ3) is 5.50. The van der Waals surface area contributed by atoms with Crippen molar-refractivity contribution in [3.05, 3.63) is 48.0 Å². The molecule has 3 saturated heterocycles. The van der Waals surface area contributed by atoms with Gasteiger partial charge < -0.3 is 19.5 Å². The van der Waals surface area contributed by atoms with Gasteiger partial charge in [-0.3, -0.25) is 4.90 Å². The number of piperidine rings is 3. The maximum atomic E-state index is 12.8. The van der Waals surface area contributed by atoms with Gasteiger partial charge in [0.2, 0.25) is 0 Å². The average Bonchev–Trinajstić information content (AvgIpc) is 2.77. The summed E-state index contributed by atoms with van der Waals surface area (Å²) in [6.07, 6.45) is -2.60. The van der Waals surface area contributed by atoms with Crippen LogP contribution < -0.4 is 14.8 Å². The van der Waals surface area contributed by atoms with E-state index < -0.39 is 18.1 Å². The summed E-state index contributed by atoms with van der Waals surface area (Å²) in [5, 5.41) is 3.03. The molecule has 4 aliphatic rings. The minimum absolute atomic E-state index is 0.0848. The highest BCUT2D eigenvalue weighted by atomic mass is 19.4. The molecule has 6 nitrogen and oxygen atoms in total. The van der Waals surface area contributed by atoms with Crippen LogP contribution in [0.1, 0.15) is 44.7 Å². The van der Waals surface area contributed by atoms with Gasteiger partial charge in [0.1, 0.15) is 23.2 Å². The molecule has 0 spiro atoms. The van der Waals surface area contributed by atoms with Gasteiger partial charge in [-0.1, -0.05) is 24.3 Å². The topological polar surface area (TPSA) is 60.0 Å². The Labute approximate surface area is 202 Å². The summed E-state index contributed by atoms with van der Waals surface area (Å²) < 4.78 is 54.0. The first-order valence-corrected chi connectivity index (χ1v) is 11.9. The molecule has 0 radical (unpaired) electrons. The van der Waals surface area contributed by atoms with Crippen molar-refractivity contribution in [1.29, 1.82) is 0 Å². The van der Waals surface area contributed by atoms with Crippen molar-refractivity contribution in [3.8, 4) is 22.6 Å². The van der Waals surface area contributed by atoms with E-state index in [0.29, 0.717) is 29.2 Å². The zero-order valence-electron chi connectivity index (χ0n) is 19.7. The van der Waals surface area contributed by atoms with Gasteiger partial charge in [0.15, 0.2) is 0 Å². The number of halogens is 3. The largest absolute Gasteiger partial charge is 0.573 e. The molecule has 2 bridgehead atoms. The van der Waals surface area contributed by atoms with Crippen LogP contribution in [0, 0.1) is 5.92 Å². The molecule has 2 aromatic rings. The molecule has 0 aliphatic carbocycles. The summed E-state index contributed by atoms with van der Waals surface area (Å²) in [4.78, 5) is 15.2. The van der Waals surface area contributed by atoms with Gasteiger partial charge in [-0.05, 0) is 75.0 Å². The van der Waals surface area contributed by atoms with Crippen LogP contribution in [-0.2, 0) is 4.74 Å². The van der Waals surface area contributed by atoms with Crippen LogP contribution in [0.5, 0.6) is 11.5 Å². The first-order valence-electron chi connectivity index (χ1n) is 11.9. The average molecular weight is 491 g/mol. The second-order valence-corrected chi connectivity index (χ2v) is 10.2. The molecule has 1 amide bonds. The lowest BCUT2D eigenvalue weighted by Crippen LogP contribution is -2.53. The van der Waals surface area contributed by atoms with Crippen molar-refractivity contribution in [1.82, 2.24) is 10.2 Å². The number of carbonyl (C=O) groups excluding carboxylic acids is 1. The summed E-state index contributed by atoms with van der Waals surface area (Å²) in [7, 11) is 0. The molecule has 3 fully saturated rings. The van der Waals surface area contributed by atoms with Crippen LogP contribution in [0.2, 0.25) is 0 Å². The Kier molecular flexibility index (Phi) is 6.07. The number of nitrogens with one attached hydrogen (secondary N) is 1. The zero-order chi connectivity index (χ0) is 24.8. The number of hydrogen-bond acceptors (Lipinski definition) is 5. The summed E-state index contributed by atoms with van der Waals surface area (Å²) in [5.41, 5.74) is 1.50. The van der Waals surface area contributed by atoms with Crippen molar-refractivity contribution in [2.45, 2.75) is 57.2 Å². The van der Waals surface area contributed by atoms with E-state index in [2.05, 4.69) is 15.0 Å². The van der Waals surface area contributed by atoms with E-state index in [4.69, 9.17) is 9.47 Å². The number of ether oxygens (including phenoxy) is 3. The van der Waals surface area contributed by atoms with E-state index >= 15 is 0 Å². The van der Waals surface area contributed by atoms with Crippen molar-refractivity contribution >= 4 is 6.09 Å². The first kappa shape index (κ1) is 23.8. The quantitative estimate of drug-likeness (QED) is 0.598. The number of amides is 1. The molecule has 2 aromatic carbocycles. The van der Waals surface area contributed by atoms with Gasteiger partial charge in [-0.25, -0.2) is 4.79 Å². The summed E-state index contributed by atoms with van der Waals surface area (Å²) in [5.74, 6) is 0.710. The van der Waals surface area contributed by atoms with Crippen molar-refractivity contribution < 1.29 is 32.2 Å². The Morgan fingerprint density at radius 1 is 1.11 bits per heavy atom. The van der Waals surface area contributed by atoms with E-state index in [-0.39, 0.29) is 17.9 Å². The number of alkyl halides is 3. The van der Waals surface area contributed by atoms with E-state index in [0.717, 1.165) is 38.0 Å². The van der Waals surface area contributed by atoms with Crippen LogP contribution in [0.15, 0.2) is 42.5 Å². The molecule has 0 aromatic heterocycles. The van der Waals surface area contributed by atoms with Gasteiger partial charge in [0.05, 0.1) is 6.04 Å². The number of hydrogen-bond donors (Lipinski definition) is 1. The van der Waals surface area contributed by atoms with Gasteiger partial charge in [-0.15, -0.1) is 13.2 Å². The Morgan fingerprint density at radius 2 is 1.86 bits per heavy atom. The maximum absolute atomic E-state index is 12.8. The van der Waals surface area contributed by atoms with E-state index in [1.807, 2.05) is 19.9 Å². The monoisotopic (exact) mass is 490 g/mol. The van der Waals surface area contributed by atoms with Gasteiger partial charge in [0.25, 0.3) is 0 Å². The molecule has 2 atom stereocenters. The first-order chi connectivity index (χ1) is 16.5. The predicted octanol–water partition coefficient (Wildman–Crippen LogP) is 5.67. The highest BCUT2D eigenvalue weighted by Gasteiger charge is 2.39. The minimum atomic E-state index is -4.76. The minimum Gasteiger partial charge on any atom is -0.487 e. The van der Waals surface area contributed by atoms with Crippen molar-refractivity contribution in [2.24, 2.45) is 5.92 Å². The second kappa shape index (κ2) is 8.93. The molecule has 188 valence electrons. The number of carbonyl (C=O) groups is 1. The van der Waals surface area contributed by atoms with Crippen molar-refractivity contribution in [2.75, 3.05) is 19.6 Å². The van der Waals surface area contributed by atoms with Crippen molar-refractivity contribution in [3.63, 3.8) is 0 Å². The highest BCUT2D eigenvalue weighted by molar-refractivity contribution is 5.70. The molecule has 0 saturated carbocycles. The highest BCUT2D eigenvalue weighted by Crippen LogP contribution is 2.42. The Hall–Kier alpha value is -2.94. The van der Waals surface area contributed by atoms with E-state index in [1.54, 1.807) is 18.2 Å². The molecule has 4 heterocycles. The lowest BCUT2D eigenvalue weighted by Gasteiger charge is -2.44. The Balaban J connectivity index is 1.34. The molecule has 1 N–H and O–H groups in total. The van der Waals surface area contributed by atoms with Crippen LogP contribution in [0.3, 0.4) is 0 Å². The molecule has 1 unspecified atom stereocenters. The molecular weight excluding hydrogens is 461 g/mol. The van der Waals surface area contributed by atoms with E-state index in [9.17, 15) is 18.0 Å². The summed E-state index contributed by atoms with van der Waals surface area (Å²) in [6, 6.07) is 10.9. The number of rotatable bonds is 4. The summed E-state index contributed by atoms with van der Waals surface area (Å²) in [6.45, 7) is 6.80. The third-order valence-corrected chi connectivity index (χ3v) is 7.02. The maximum Gasteiger partial charge on any atom is 0.573 e.